The molecule has 2 bridgehead atoms. The lowest BCUT2D eigenvalue weighted by Crippen LogP contribution is -2.40. The van der Waals surface area contributed by atoms with Gasteiger partial charge in [0.25, 0.3) is 0 Å². The Hall–Kier alpha value is -1.36. The second kappa shape index (κ2) is 3.60. The molecule has 3 heterocycles. The zero-order valence-corrected chi connectivity index (χ0v) is 10.6. The van der Waals surface area contributed by atoms with Crippen molar-refractivity contribution in [2.75, 3.05) is 6.54 Å². The fourth-order valence-corrected chi connectivity index (χ4v) is 4.34. The molecule has 4 rings (SSSR count). The van der Waals surface area contributed by atoms with Crippen LogP contribution in [0.3, 0.4) is 0 Å². The zero-order valence-electron chi connectivity index (χ0n) is 10.6. The van der Waals surface area contributed by atoms with Gasteiger partial charge in [-0.1, -0.05) is 25.0 Å². The molecule has 19 heavy (non-hydrogen) atoms. The minimum atomic E-state index is -0.914. The van der Waals surface area contributed by atoms with Crippen LogP contribution in [0.25, 0.3) is 0 Å². The number of likely N-dealkylation sites (tertiary alicyclic amines) is 1. The summed E-state index contributed by atoms with van der Waals surface area (Å²) in [6, 6.07) is 0.290. The van der Waals surface area contributed by atoms with Gasteiger partial charge in [0.15, 0.2) is 0 Å². The van der Waals surface area contributed by atoms with Gasteiger partial charge in [0.1, 0.15) is 11.5 Å². The predicted molar refractivity (Wildman–Crippen MR) is 65.3 cm³/mol. The van der Waals surface area contributed by atoms with Crippen molar-refractivity contribution in [3.8, 4) is 0 Å². The van der Waals surface area contributed by atoms with Crippen LogP contribution in [0, 0.1) is 11.8 Å². The molecule has 0 aromatic heterocycles. The molecule has 0 unspecified atom stereocenters. The van der Waals surface area contributed by atoms with Crippen LogP contribution in [0.2, 0.25) is 0 Å². The molecule has 1 saturated carbocycles. The third-order valence-electron chi connectivity index (χ3n) is 5.18. The number of carbonyl (C=O) groups excluding carboxylic acids is 1. The summed E-state index contributed by atoms with van der Waals surface area (Å²) < 4.78 is 5.86. The molecule has 2 saturated heterocycles. The lowest BCUT2D eigenvalue weighted by atomic mass is 9.77. The number of nitrogens with zero attached hydrogens (tertiary/aromatic N) is 1. The van der Waals surface area contributed by atoms with Gasteiger partial charge in [-0.15, -0.1) is 0 Å². The number of rotatable bonds is 2. The highest BCUT2D eigenvalue weighted by molar-refractivity contribution is 5.91. The van der Waals surface area contributed by atoms with Crippen LogP contribution < -0.4 is 0 Å². The van der Waals surface area contributed by atoms with Gasteiger partial charge >= 0.3 is 5.97 Å². The summed E-state index contributed by atoms with van der Waals surface area (Å²) in [5.74, 6) is -2.14. The lowest BCUT2D eigenvalue weighted by Gasteiger charge is -2.26. The van der Waals surface area contributed by atoms with Gasteiger partial charge in [-0.05, 0) is 12.8 Å². The molecule has 3 aliphatic heterocycles. The number of aliphatic carboxylic acids is 1. The molecule has 1 amide bonds. The molecule has 102 valence electrons. The summed E-state index contributed by atoms with van der Waals surface area (Å²) >= 11 is 0. The second-order valence-corrected chi connectivity index (χ2v) is 6.14. The van der Waals surface area contributed by atoms with Crippen LogP contribution in [-0.2, 0) is 14.3 Å². The maximum Gasteiger partial charge on any atom is 0.310 e. The first-order valence-corrected chi connectivity index (χ1v) is 7.03. The Balaban J connectivity index is 1.69. The van der Waals surface area contributed by atoms with Crippen LogP contribution in [-0.4, -0.2) is 46.2 Å². The standard InChI is InChI=1S/C14H17NO4/c16-12-11-10(13(17)18)9-5-6-14(11,19-9)7-15(12)8-3-1-2-4-8/h5-6,8-11H,1-4,7H2,(H,17,18)/t9-,10-,11+,14-/m0/s1. The number of fused-ring (bicyclic) bond motifs is 1. The largest absolute Gasteiger partial charge is 0.481 e. The zero-order chi connectivity index (χ0) is 13.2. The molecule has 4 aliphatic rings. The van der Waals surface area contributed by atoms with E-state index in [1.165, 1.54) is 0 Å². The van der Waals surface area contributed by atoms with E-state index in [1.807, 2.05) is 17.1 Å². The Kier molecular flexibility index (Phi) is 2.17. The Bertz CT molecular complexity index is 482. The van der Waals surface area contributed by atoms with E-state index in [9.17, 15) is 14.7 Å². The normalized spacial score (nSPS) is 44.3. The van der Waals surface area contributed by atoms with Crippen molar-refractivity contribution in [2.24, 2.45) is 11.8 Å². The average molecular weight is 263 g/mol. The van der Waals surface area contributed by atoms with Crippen LogP contribution in [0.15, 0.2) is 12.2 Å². The molecule has 0 aromatic rings. The predicted octanol–water partition coefficient (Wildman–Crippen LogP) is 0.796. The summed E-state index contributed by atoms with van der Waals surface area (Å²) in [5, 5.41) is 9.36. The van der Waals surface area contributed by atoms with Gasteiger partial charge < -0.3 is 14.7 Å². The molecule has 5 heteroatoms. The molecule has 0 radical (unpaired) electrons. The highest BCUT2D eigenvalue weighted by Gasteiger charge is 2.67. The van der Waals surface area contributed by atoms with Gasteiger partial charge in [0.2, 0.25) is 5.91 Å². The first-order valence-electron chi connectivity index (χ1n) is 7.03. The topological polar surface area (TPSA) is 66.8 Å². The van der Waals surface area contributed by atoms with Crippen molar-refractivity contribution < 1.29 is 19.4 Å². The number of amides is 1. The van der Waals surface area contributed by atoms with E-state index >= 15 is 0 Å². The number of ether oxygens (including phenoxy) is 1. The number of carboxylic acid groups (broad SMARTS) is 1. The van der Waals surface area contributed by atoms with E-state index in [1.54, 1.807) is 0 Å². The molecule has 1 spiro atoms. The third kappa shape index (κ3) is 1.34. The van der Waals surface area contributed by atoms with E-state index in [4.69, 9.17) is 4.74 Å². The average Bonchev–Trinajstić information content (AvgIpc) is 3.09. The van der Waals surface area contributed by atoms with Crippen LogP contribution in [0.5, 0.6) is 0 Å². The van der Waals surface area contributed by atoms with Crippen molar-refractivity contribution in [3.63, 3.8) is 0 Å². The molecular weight excluding hydrogens is 246 g/mol. The number of hydrogen-bond donors (Lipinski definition) is 1. The summed E-state index contributed by atoms with van der Waals surface area (Å²) in [7, 11) is 0. The van der Waals surface area contributed by atoms with E-state index < -0.39 is 29.5 Å². The minimum absolute atomic E-state index is 0.00819. The molecule has 5 nitrogen and oxygen atoms in total. The highest BCUT2D eigenvalue weighted by atomic mass is 16.5. The first-order chi connectivity index (χ1) is 9.12. The SMILES string of the molecule is O=C(O)[C@H]1[C@@H]2C=C[C@@]3(CN(C4CCCC4)C(=O)[C@@H]13)O2. The summed E-state index contributed by atoms with van der Waals surface area (Å²) in [6.45, 7) is 0.540. The van der Waals surface area contributed by atoms with Crippen molar-refractivity contribution in [1.29, 1.82) is 0 Å². The summed E-state index contributed by atoms with van der Waals surface area (Å²) in [4.78, 5) is 25.9. The van der Waals surface area contributed by atoms with E-state index in [0.717, 1.165) is 25.7 Å². The van der Waals surface area contributed by atoms with Crippen LogP contribution in [0.4, 0.5) is 0 Å². The maximum absolute atomic E-state index is 12.6. The first kappa shape index (κ1) is 11.5. The Labute approximate surface area is 111 Å². The maximum atomic E-state index is 12.6. The second-order valence-electron chi connectivity index (χ2n) is 6.14. The van der Waals surface area contributed by atoms with Gasteiger partial charge in [0, 0.05) is 6.04 Å². The van der Waals surface area contributed by atoms with E-state index in [2.05, 4.69) is 0 Å². The van der Waals surface area contributed by atoms with Crippen LogP contribution >= 0.6 is 0 Å². The molecule has 4 atom stereocenters. The van der Waals surface area contributed by atoms with Gasteiger partial charge in [-0.2, -0.15) is 0 Å². The van der Waals surface area contributed by atoms with Gasteiger partial charge in [0.05, 0.1) is 18.6 Å². The Morgan fingerprint density at radius 1 is 1.42 bits per heavy atom. The molecule has 0 aromatic carbocycles. The van der Waals surface area contributed by atoms with Crippen molar-refractivity contribution in [2.45, 2.75) is 43.4 Å². The molecular formula is C14H17NO4. The third-order valence-corrected chi connectivity index (χ3v) is 5.18. The smallest absolute Gasteiger partial charge is 0.310 e. The quantitative estimate of drug-likeness (QED) is 0.748. The lowest BCUT2D eigenvalue weighted by molar-refractivity contribution is -0.148. The molecule has 1 aliphatic carbocycles. The number of hydrogen-bond acceptors (Lipinski definition) is 3. The van der Waals surface area contributed by atoms with Gasteiger partial charge in [-0.25, -0.2) is 0 Å². The van der Waals surface area contributed by atoms with Gasteiger partial charge in [-0.3, -0.25) is 9.59 Å². The molecule has 3 fully saturated rings. The fraction of sp³-hybridized carbons (Fsp3) is 0.714. The number of carboxylic acids is 1. The van der Waals surface area contributed by atoms with E-state index in [0.29, 0.717) is 6.54 Å². The minimum Gasteiger partial charge on any atom is -0.481 e. The Morgan fingerprint density at radius 2 is 2.16 bits per heavy atom. The van der Waals surface area contributed by atoms with Crippen LogP contribution in [0.1, 0.15) is 25.7 Å². The van der Waals surface area contributed by atoms with Crippen molar-refractivity contribution >= 4 is 11.9 Å². The van der Waals surface area contributed by atoms with E-state index in [-0.39, 0.29) is 11.9 Å². The van der Waals surface area contributed by atoms with Crippen molar-refractivity contribution in [1.82, 2.24) is 4.90 Å². The number of carbonyl (C=O) groups is 2. The summed E-state index contributed by atoms with van der Waals surface area (Å²) in [6.07, 6.45) is 7.73. The monoisotopic (exact) mass is 263 g/mol. The molecule has 1 N–H and O–H groups in total. The Morgan fingerprint density at radius 3 is 2.84 bits per heavy atom. The van der Waals surface area contributed by atoms with Crippen molar-refractivity contribution in [3.05, 3.63) is 12.2 Å². The fourth-order valence-electron chi connectivity index (χ4n) is 4.34. The highest BCUT2D eigenvalue weighted by Crippen LogP contribution is 2.52. The summed E-state index contributed by atoms with van der Waals surface area (Å²) in [5.41, 5.74) is -0.659.